The molecule has 0 amide bonds. The molecule has 0 aliphatic carbocycles. The normalized spacial score (nSPS) is 9.93. The zero-order chi connectivity index (χ0) is 10.7. The van der Waals surface area contributed by atoms with E-state index in [2.05, 4.69) is 15.9 Å². The van der Waals surface area contributed by atoms with Crippen molar-refractivity contribution in [3.05, 3.63) is 32.3 Å². The van der Waals surface area contributed by atoms with Crippen LogP contribution < -0.4 is 4.74 Å². The highest BCUT2D eigenvalue weighted by atomic mass is 79.9. The van der Waals surface area contributed by atoms with E-state index in [-0.39, 0.29) is 11.6 Å². The molecule has 0 saturated heterocycles. The van der Waals surface area contributed by atoms with Crippen LogP contribution >= 0.6 is 27.5 Å². The minimum absolute atomic E-state index is 0.0131. The van der Waals surface area contributed by atoms with Crippen LogP contribution in [0.1, 0.15) is 5.56 Å². The Kier molecular flexibility index (Phi) is 3.71. The van der Waals surface area contributed by atoms with Crippen LogP contribution in [-0.2, 0) is 5.88 Å². The molecule has 0 aliphatic heterocycles. The molecule has 0 N–H and O–H groups in total. The van der Waals surface area contributed by atoms with Crippen LogP contribution in [0.25, 0.3) is 0 Å². The van der Waals surface area contributed by atoms with Gasteiger partial charge in [0.1, 0.15) is 5.75 Å². The Balaban J connectivity index is 3.34. The number of rotatable bonds is 3. The minimum atomic E-state index is -0.471. The zero-order valence-corrected chi connectivity index (χ0v) is 9.63. The molecule has 0 radical (unpaired) electrons. The van der Waals surface area contributed by atoms with Crippen LogP contribution in [0.5, 0.6) is 5.75 Å². The third kappa shape index (κ3) is 2.16. The summed E-state index contributed by atoms with van der Waals surface area (Å²) in [4.78, 5) is 10.2. The van der Waals surface area contributed by atoms with E-state index in [9.17, 15) is 10.1 Å². The Morgan fingerprint density at radius 2 is 2.29 bits per heavy atom. The van der Waals surface area contributed by atoms with E-state index in [1.54, 1.807) is 6.07 Å². The number of hydrogen-bond acceptors (Lipinski definition) is 3. The van der Waals surface area contributed by atoms with Gasteiger partial charge in [-0.15, -0.1) is 11.6 Å². The van der Waals surface area contributed by atoms with Gasteiger partial charge in [-0.25, -0.2) is 0 Å². The second-order valence-electron chi connectivity index (χ2n) is 2.51. The summed E-state index contributed by atoms with van der Waals surface area (Å²) in [5.41, 5.74) is 0.420. The van der Waals surface area contributed by atoms with Crippen molar-refractivity contribution in [2.75, 3.05) is 7.11 Å². The summed E-state index contributed by atoms with van der Waals surface area (Å²) in [6.45, 7) is 0. The van der Waals surface area contributed by atoms with Gasteiger partial charge in [-0.1, -0.05) is 0 Å². The van der Waals surface area contributed by atoms with E-state index in [1.165, 1.54) is 13.2 Å². The lowest BCUT2D eigenvalue weighted by atomic mass is 10.2. The van der Waals surface area contributed by atoms with E-state index in [0.29, 0.717) is 15.8 Å². The molecule has 0 spiro atoms. The quantitative estimate of drug-likeness (QED) is 0.485. The van der Waals surface area contributed by atoms with Gasteiger partial charge in [-0.3, -0.25) is 10.1 Å². The fourth-order valence-corrected chi connectivity index (χ4v) is 1.88. The van der Waals surface area contributed by atoms with Crippen molar-refractivity contribution >= 4 is 33.2 Å². The Bertz CT molecular complexity index is 370. The molecule has 0 bridgehead atoms. The van der Waals surface area contributed by atoms with Gasteiger partial charge >= 0.3 is 0 Å². The lowest BCUT2D eigenvalue weighted by molar-refractivity contribution is -0.386. The summed E-state index contributed by atoms with van der Waals surface area (Å²) >= 11 is 8.70. The predicted molar refractivity (Wildman–Crippen MR) is 56.9 cm³/mol. The lowest BCUT2D eigenvalue weighted by Crippen LogP contribution is -1.96. The van der Waals surface area contributed by atoms with Crippen molar-refractivity contribution < 1.29 is 9.66 Å². The fraction of sp³-hybridized carbons (Fsp3) is 0.250. The standard InChI is InChI=1S/C8H7BrClNO3/c1-14-6-2-5(4-10)8(11(12)13)7(9)3-6/h2-3H,4H2,1H3. The highest BCUT2D eigenvalue weighted by Gasteiger charge is 2.19. The van der Waals surface area contributed by atoms with Gasteiger partial charge < -0.3 is 4.74 Å². The van der Waals surface area contributed by atoms with Gasteiger partial charge in [0.25, 0.3) is 5.69 Å². The topological polar surface area (TPSA) is 52.4 Å². The molecule has 0 heterocycles. The summed E-state index contributed by atoms with van der Waals surface area (Å²) in [7, 11) is 1.49. The molecule has 0 atom stereocenters. The molecule has 4 nitrogen and oxygen atoms in total. The molecular weight excluding hydrogens is 273 g/mol. The smallest absolute Gasteiger partial charge is 0.288 e. The monoisotopic (exact) mass is 279 g/mol. The van der Waals surface area contributed by atoms with Gasteiger partial charge in [-0.05, 0) is 22.0 Å². The van der Waals surface area contributed by atoms with Gasteiger partial charge in [0, 0.05) is 11.6 Å². The van der Waals surface area contributed by atoms with E-state index in [0.717, 1.165) is 0 Å². The summed E-state index contributed by atoms with van der Waals surface area (Å²) in [6, 6.07) is 3.09. The molecule has 0 saturated carbocycles. The maximum Gasteiger partial charge on any atom is 0.288 e. The third-order valence-electron chi connectivity index (χ3n) is 1.68. The number of ether oxygens (including phenoxy) is 1. The van der Waals surface area contributed by atoms with Crippen molar-refractivity contribution in [2.45, 2.75) is 5.88 Å². The highest BCUT2D eigenvalue weighted by Crippen LogP contribution is 2.34. The second-order valence-corrected chi connectivity index (χ2v) is 3.63. The molecule has 0 fully saturated rings. The van der Waals surface area contributed by atoms with Gasteiger partial charge in [0.05, 0.1) is 22.4 Å². The number of methoxy groups -OCH3 is 1. The Morgan fingerprint density at radius 1 is 1.64 bits per heavy atom. The highest BCUT2D eigenvalue weighted by molar-refractivity contribution is 9.10. The first kappa shape index (κ1) is 11.3. The number of halogens is 2. The molecule has 1 aromatic rings. The lowest BCUT2D eigenvalue weighted by Gasteiger charge is -2.05. The number of nitrogens with zero attached hydrogens (tertiary/aromatic N) is 1. The Morgan fingerprint density at radius 3 is 2.71 bits per heavy atom. The van der Waals surface area contributed by atoms with Crippen molar-refractivity contribution in [1.82, 2.24) is 0 Å². The van der Waals surface area contributed by atoms with Crippen LogP contribution in [0, 0.1) is 10.1 Å². The first-order chi connectivity index (χ1) is 6.60. The van der Waals surface area contributed by atoms with Crippen molar-refractivity contribution in [1.29, 1.82) is 0 Å². The first-order valence-electron chi connectivity index (χ1n) is 3.67. The molecule has 14 heavy (non-hydrogen) atoms. The average Bonchev–Trinajstić information content (AvgIpc) is 2.15. The van der Waals surface area contributed by atoms with Gasteiger partial charge in [0.2, 0.25) is 0 Å². The van der Waals surface area contributed by atoms with Crippen LogP contribution in [0.15, 0.2) is 16.6 Å². The summed E-state index contributed by atoms with van der Waals surface area (Å²) in [6.07, 6.45) is 0. The first-order valence-corrected chi connectivity index (χ1v) is 4.99. The molecule has 1 rings (SSSR count). The second kappa shape index (κ2) is 4.61. The SMILES string of the molecule is COc1cc(Br)c([N+](=O)[O-])c(CCl)c1. The van der Waals surface area contributed by atoms with Gasteiger partial charge in [0.15, 0.2) is 0 Å². The fourth-order valence-electron chi connectivity index (χ4n) is 1.05. The van der Waals surface area contributed by atoms with E-state index < -0.39 is 4.92 Å². The molecule has 0 unspecified atom stereocenters. The molecule has 6 heteroatoms. The van der Waals surface area contributed by atoms with Crippen molar-refractivity contribution in [2.24, 2.45) is 0 Å². The largest absolute Gasteiger partial charge is 0.497 e. The number of nitro groups is 1. The molecule has 1 aromatic carbocycles. The Hall–Kier alpha value is -0.810. The predicted octanol–water partition coefficient (Wildman–Crippen LogP) is 3.10. The average molecular weight is 281 g/mol. The third-order valence-corrected chi connectivity index (χ3v) is 2.57. The van der Waals surface area contributed by atoms with Gasteiger partial charge in [-0.2, -0.15) is 0 Å². The van der Waals surface area contributed by atoms with Crippen LogP contribution in [0.2, 0.25) is 0 Å². The molecule has 76 valence electrons. The maximum atomic E-state index is 10.7. The molecule has 0 aromatic heterocycles. The van der Waals surface area contributed by atoms with Crippen LogP contribution in [-0.4, -0.2) is 12.0 Å². The number of nitro benzene ring substituents is 1. The zero-order valence-electron chi connectivity index (χ0n) is 7.29. The molecule has 0 aliphatic rings. The van der Waals surface area contributed by atoms with E-state index in [1.807, 2.05) is 0 Å². The summed E-state index contributed by atoms with van der Waals surface area (Å²) in [5, 5.41) is 10.7. The van der Waals surface area contributed by atoms with E-state index in [4.69, 9.17) is 16.3 Å². The van der Waals surface area contributed by atoms with Crippen molar-refractivity contribution in [3.8, 4) is 5.75 Å². The maximum absolute atomic E-state index is 10.7. The minimum Gasteiger partial charge on any atom is -0.497 e. The van der Waals surface area contributed by atoms with E-state index >= 15 is 0 Å². The van der Waals surface area contributed by atoms with Crippen LogP contribution in [0.4, 0.5) is 5.69 Å². The number of benzene rings is 1. The molecular formula is C8H7BrClNO3. The summed E-state index contributed by atoms with van der Waals surface area (Å²) < 4.78 is 5.33. The summed E-state index contributed by atoms with van der Waals surface area (Å²) in [5.74, 6) is 0.615. The number of hydrogen-bond donors (Lipinski definition) is 0. The van der Waals surface area contributed by atoms with Crippen molar-refractivity contribution in [3.63, 3.8) is 0 Å². The Labute approximate surface area is 94.1 Å². The van der Waals surface area contributed by atoms with Crippen LogP contribution in [0.3, 0.4) is 0 Å². The number of alkyl halides is 1.